The molecule has 0 aliphatic rings. The first-order chi connectivity index (χ1) is 7.77. The van der Waals surface area contributed by atoms with Crippen molar-refractivity contribution in [3.05, 3.63) is 12.5 Å². The largest absolute Gasteiger partial charge is 0.388 e. The van der Waals surface area contributed by atoms with Crippen LogP contribution in [0.5, 0.6) is 0 Å². The molecule has 98 valence electrons. The second-order valence-electron chi connectivity index (χ2n) is 4.13. The standard InChI is InChI=1S/C9H17N3O3S2/c1-9(13,6-16-3)5-11-17(14,15)8-4-12(2)7-10-8/h4,7,11,13H,5-6H2,1-3H3/t9-/m1/s1. The summed E-state index contributed by atoms with van der Waals surface area (Å²) in [6.45, 7) is 1.55. The van der Waals surface area contributed by atoms with Gasteiger partial charge in [-0.1, -0.05) is 0 Å². The smallest absolute Gasteiger partial charge is 0.259 e. The number of hydrogen-bond acceptors (Lipinski definition) is 5. The van der Waals surface area contributed by atoms with Crippen molar-refractivity contribution < 1.29 is 13.5 Å². The van der Waals surface area contributed by atoms with Crippen molar-refractivity contribution in [3.8, 4) is 0 Å². The molecule has 1 atom stereocenters. The van der Waals surface area contributed by atoms with Gasteiger partial charge in [-0.05, 0) is 13.2 Å². The maximum Gasteiger partial charge on any atom is 0.259 e. The molecule has 0 saturated heterocycles. The number of imidazole rings is 1. The third-order valence-corrected chi connectivity index (χ3v) is 4.25. The number of nitrogens with one attached hydrogen (secondary N) is 1. The Bertz CT molecular complexity index is 468. The van der Waals surface area contributed by atoms with E-state index >= 15 is 0 Å². The Kier molecular flexibility index (Phi) is 4.59. The summed E-state index contributed by atoms with van der Waals surface area (Å²) < 4.78 is 27.5. The molecule has 1 aromatic rings. The van der Waals surface area contributed by atoms with Gasteiger partial charge >= 0.3 is 0 Å². The van der Waals surface area contributed by atoms with Crippen molar-refractivity contribution in [2.75, 3.05) is 18.6 Å². The molecule has 8 heteroatoms. The summed E-state index contributed by atoms with van der Waals surface area (Å²) in [5.74, 6) is 0.456. The molecular weight excluding hydrogens is 262 g/mol. The van der Waals surface area contributed by atoms with Gasteiger partial charge in [0.2, 0.25) is 0 Å². The van der Waals surface area contributed by atoms with E-state index in [0.29, 0.717) is 5.75 Å². The van der Waals surface area contributed by atoms with Gasteiger partial charge in [0.1, 0.15) is 0 Å². The minimum absolute atomic E-state index is 0.0350. The molecule has 1 aromatic heterocycles. The van der Waals surface area contributed by atoms with E-state index in [-0.39, 0.29) is 11.6 Å². The van der Waals surface area contributed by atoms with Gasteiger partial charge in [-0.25, -0.2) is 18.1 Å². The van der Waals surface area contributed by atoms with E-state index in [1.54, 1.807) is 18.5 Å². The van der Waals surface area contributed by atoms with E-state index in [1.807, 2.05) is 6.26 Å². The number of nitrogens with zero attached hydrogens (tertiary/aromatic N) is 2. The molecule has 0 saturated carbocycles. The van der Waals surface area contributed by atoms with Gasteiger partial charge in [-0.15, -0.1) is 0 Å². The van der Waals surface area contributed by atoms with Crippen molar-refractivity contribution in [1.82, 2.24) is 14.3 Å². The summed E-state index contributed by atoms with van der Waals surface area (Å²) >= 11 is 1.45. The van der Waals surface area contributed by atoms with Crippen molar-refractivity contribution >= 4 is 21.8 Å². The number of thioether (sulfide) groups is 1. The summed E-state index contributed by atoms with van der Waals surface area (Å²) in [5, 5.41) is 9.81. The number of sulfonamides is 1. The molecule has 1 rings (SSSR count). The number of hydrogen-bond donors (Lipinski definition) is 2. The summed E-state index contributed by atoms with van der Waals surface area (Å²) in [4.78, 5) is 3.76. The zero-order chi connectivity index (χ0) is 13.1. The normalized spacial score (nSPS) is 15.8. The Morgan fingerprint density at radius 3 is 2.76 bits per heavy atom. The fourth-order valence-corrected chi connectivity index (χ4v) is 3.08. The second kappa shape index (κ2) is 5.38. The number of rotatable bonds is 6. The van der Waals surface area contributed by atoms with E-state index in [2.05, 4.69) is 9.71 Å². The predicted molar refractivity (Wildman–Crippen MR) is 67.4 cm³/mol. The molecule has 0 fully saturated rings. The van der Waals surface area contributed by atoms with E-state index in [0.717, 1.165) is 0 Å². The molecule has 17 heavy (non-hydrogen) atoms. The van der Waals surface area contributed by atoms with Crippen LogP contribution in [0.2, 0.25) is 0 Å². The fourth-order valence-electron chi connectivity index (χ4n) is 1.21. The minimum atomic E-state index is -3.64. The first-order valence-electron chi connectivity index (χ1n) is 4.96. The van der Waals surface area contributed by atoms with Crippen LogP contribution in [0.4, 0.5) is 0 Å². The summed E-state index contributed by atoms with van der Waals surface area (Å²) in [6.07, 6.45) is 4.67. The lowest BCUT2D eigenvalue weighted by atomic mass is 10.1. The van der Waals surface area contributed by atoms with Gasteiger partial charge < -0.3 is 9.67 Å². The van der Waals surface area contributed by atoms with Crippen LogP contribution in [0, 0.1) is 0 Å². The van der Waals surface area contributed by atoms with Gasteiger partial charge in [-0.2, -0.15) is 11.8 Å². The molecule has 0 amide bonds. The topological polar surface area (TPSA) is 84.2 Å². The Labute approximate surface area is 105 Å². The maximum atomic E-state index is 11.8. The summed E-state index contributed by atoms with van der Waals surface area (Å²) in [5.41, 5.74) is -1.07. The van der Waals surface area contributed by atoms with E-state index in [4.69, 9.17) is 0 Å². The van der Waals surface area contributed by atoms with Gasteiger partial charge in [0, 0.05) is 25.5 Å². The summed E-state index contributed by atoms with van der Waals surface area (Å²) in [7, 11) is -1.95. The van der Waals surface area contributed by atoms with Gasteiger partial charge in [0.25, 0.3) is 10.0 Å². The highest BCUT2D eigenvalue weighted by Gasteiger charge is 2.24. The lowest BCUT2D eigenvalue weighted by Gasteiger charge is -2.21. The first kappa shape index (κ1) is 14.5. The third kappa shape index (κ3) is 4.30. The predicted octanol–water partition coefficient (Wildman–Crippen LogP) is -0.188. The number of aryl methyl sites for hydroxylation is 1. The quantitative estimate of drug-likeness (QED) is 0.754. The molecule has 0 aliphatic heterocycles. The molecule has 6 nitrogen and oxygen atoms in total. The van der Waals surface area contributed by atoms with Crippen molar-refractivity contribution in [3.63, 3.8) is 0 Å². The van der Waals surface area contributed by atoms with Crippen molar-refractivity contribution in [2.45, 2.75) is 17.6 Å². The molecule has 1 heterocycles. The number of aromatic nitrogens is 2. The molecule has 2 N–H and O–H groups in total. The maximum absolute atomic E-state index is 11.8. The SMILES string of the molecule is CSC[C@](C)(O)CNS(=O)(=O)c1cn(C)cn1. The van der Waals surface area contributed by atoms with Gasteiger partial charge in [0.15, 0.2) is 5.03 Å². The lowest BCUT2D eigenvalue weighted by Crippen LogP contribution is -2.42. The van der Waals surface area contributed by atoms with Crippen LogP contribution in [0.25, 0.3) is 0 Å². The average molecular weight is 279 g/mol. The van der Waals surface area contributed by atoms with Crippen LogP contribution in [0.15, 0.2) is 17.6 Å². The highest BCUT2D eigenvalue weighted by atomic mass is 32.2. The summed E-state index contributed by atoms with van der Waals surface area (Å²) in [6, 6.07) is 0. The molecule has 0 unspecified atom stereocenters. The lowest BCUT2D eigenvalue weighted by molar-refractivity contribution is 0.0908. The fraction of sp³-hybridized carbons (Fsp3) is 0.667. The van der Waals surface area contributed by atoms with Crippen LogP contribution >= 0.6 is 11.8 Å². The first-order valence-corrected chi connectivity index (χ1v) is 7.83. The van der Waals surface area contributed by atoms with Crippen LogP contribution in [0.1, 0.15) is 6.92 Å². The van der Waals surface area contributed by atoms with E-state index < -0.39 is 15.6 Å². The molecule has 0 spiro atoms. The van der Waals surface area contributed by atoms with Crippen molar-refractivity contribution in [2.24, 2.45) is 7.05 Å². The van der Waals surface area contributed by atoms with E-state index in [1.165, 1.54) is 24.3 Å². The molecule has 0 aliphatic carbocycles. The van der Waals surface area contributed by atoms with E-state index in [9.17, 15) is 13.5 Å². The monoisotopic (exact) mass is 279 g/mol. The Balaban J connectivity index is 2.69. The Hall–Kier alpha value is -0.570. The zero-order valence-electron chi connectivity index (χ0n) is 10.0. The molecule has 0 aromatic carbocycles. The second-order valence-corrected chi connectivity index (χ2v) is 6.71. The highest BCUT2D eigenvalue weighted by Crippen LogP contribution is 2.11. The third-order valence-electron chi connectivity index (χ3n) is 2.05. The minimum Gasteiger partial charge on any atom is -0.388 e. The van der Waals surface area contributed by atoms with Crippen molar-refractivity contribution in [1.29, 1.82) is 0 Å². The van der Waals surface area contributed by atoms with Crippen LogP contribution in [-0.2, 0) is 17.1 Å². The Morgan fingerprint density at radius 2 is 2.29 bits per heavy atom. The molecule has 0 bridgehead atoms. The number of aliphatic hydroxyl groups is 1. The molecular formula is C9H17N3O3S2. The van der Waals surface area contributed by atoms with Gasteiger partial charge in [0.05, 0.1) is 11.9 Å². The highest BCUT2D eigenvalue weighted by molar-refractivity contribution is 7.98. The van der Waals surface area contributed by atoms with Crippen LogP contribution < -0.4 is 4.72 Å². The Morgan fingerprint density at radius 1 is 1.65 bits per heavy atom. The van der Waals surface area contributed by atoms with Crippen LogP contribution in [-0.4, -0.2) is 47.2 Å². The van der Waals surface area contributed by atoms with Crippen LogP contribution in [0.3, 0.4) is 0 Å². The zero-order valence-corrected chi connectivity index (χ0v) is 11.7. The molecule has 0 radical (unpaired) electrons. The average Bonchev–Trinajstić information content (AvgIpc) is 2.63. The van der Waals surface area contributed by atoms with Gasteiger partial charge in [-0.3, -0.25) is 0 Å².